The summed E-state index contributed by atoms with van der Waals surface area (Å²) in [5.41, 5.74) is 1.06. The van der Waals surface area contributed by atoms with E-state index in [9.17, 15) is 14.7 Å². The number of carbonyl (C=O) groups excluding carboxylic acids is 2. The number of fused-ring (bicyclic) bond motifs is 1. The van der Waals surface area contributed by atoms with E-state index in [0.29, 0.717) is 41.2 Å². The molecule has 28 heavy (non-hydrogen) atoms. The Labute approximate surface area is 167 Å². The molecule has 2 heterocycles. The number of aliphatic hydroxyl groups is 1. The molecule has 2 amide bonds. The van der Waals surface area contributed by atoms with E-state index in [0.717, 1.165) is 0 Å². The number of aliphatic hydroxyl groups excluding tert-OH is 1. The number of nitrogens with one attached hydrogen (secondary N) is 3. The van der Waals surface area contributed by atoms with Crippen LogP contribution in [0.2, 0.25) is 5.02 Å². The Morgan fingerprint density at radius 3 is 2.64 bits per heavy atom. The second-order valence-corrected chi connectivity index (χ2v) is 7.67. The highest BCUT2D eigenvalue weighted by Crippen LogP contribution is 2.44. The summed E-state index contributed by atoms with van der Waals surface area (Å²) in [6.07, 6.45) is 2.10. The Hall–Kier alpha value is -2.35. The van der Waals surface area contributed by atoms with E-state index in [1.807, 2.05) is 0 Å². The van der Waals surface area contributed by atoms with Gasteiger partial charge < -0.3 is 25.8 Å². The molecular weight excluding hydrogens is 382 g/mol. The summed E-state index contributed by atoms with van der Waals surface area (Å²) in [6, 6.07) is 6.37. The normalized spacial score (nSPS) is 29.0. The summed E-state index contributed by atoms with van der Waals surface area (Å²) in [7, 11) is 1.51. The van der Waals surface area contributed by atoms with Crippen LogP contribution in [-0.2, 0) is 14.3 Å². The van der Waals surface area contributed by atoms with E-state index in [1.165, 1.54) is 13.1 Å². The smallest absolute Gasteiger partial charge is 0.267 e. The molecule has 5 atom stereocenters. The number of hydrogen-bond acceptors (Lipinski definition) is 5. The van der Waals surface area contributed by atoms with Gasteiger partial charge in [-0.05, 0) is 18.2 Å². The number of hydrogen-bond donors (Lipinski definition) is 4. The molecule has 1 aromatic rings. The standard InChI is InChI=1S/C20H22ClN3O4/c1-22-20(27)16-7-10(19(26)24-17-12-8-28-9-13(12)17)6-15(23-16)18(25)11-4-2-3-5-14(11)21/h2-7,12-13,15,17-18,23,25H,8-9H2,1H3,(H,22,27)(H,24,26)/t12-,13+,15?,17?,18?. The van der Waals surface area contributed by atoms with E-state index < -0.39 is 12.1 Å². The van der Waals surface area contributed by atoms with Crippen LogP contribution in [0.3, 0.4) is 0 Å². The summed E-state index contributed by atoms with van der Waals surface area (Å²) in [4.78, 5) is 25.0. The predicted molar refractivity (Wildman–Crippen MR) is 103 cm³/mol. The van der Waals surface area contributed by atoms with Gasteiger partial charge in [0, 0.05) is 41.1 Å². The molecule has 2 aliphatic heterocycles. The average molecular weight is 404 g/mol. The summed E-state index contributed by atoms with van der Waals surface area (Å²) in [6.45, 7) is 1.34. The summed E-state index contributed by atoms with van der Waals surface area (Å²) >= 11 is 6.20. The lowest BCUT2D eigenvalue weighted by molar-refractivity contribution is -0.117. The number of dihydropyridines is 1. The van der Waals surface area contributed by atoms with Crippen LogP contribution in [0.25, 0.3) is 0 Å². The first-order chi connectivity index (χ1) is 13.5. The molecule has 0 aromatic heterocycles. The third kappa shape index (κ3) is 3.53. The van der Waals surface area contributed by atoms with Crippen molar-refractivity contribution >= 4 is 23.4 Å². The van der Waals surface area contributed by atoms with Gasteiger partial charge in [-0.2, -0.15) is 0 Å². The number of ether oxygens (including phenoxy) is 1. The molecule has 3 aliphatic rings. The van der Waals surface area contributed by atoms with Crippen LogP contribution < -0.4 is 16.0 Å². The van der Waals surface area contributed by atoms with Crippen molar-refractivity contribution in [1.29, 1.82) is 0 Å². The van der Waals surface area contributed by atoms with Crippen molar-refractivity contribution in [3.05, 3.63) is 58.3 Å². The predicted octanol–water partition coefficient (Wildman–Crippen LogP) is 0.663. The Morgan fingerprint density at radius 1 is 1.25 bits per heavy atom. The maximum absolute atomic E-state index is 12.8. The van der Waals surface area contributed by atoms with Crippen LogP contribution in [0, 0.1) is 11.8 Å². The lowest BCUT2D eigenvalue weighted by Crippen LogP contribution is -2.42. The lowest BCUT2D eigenvalue weighted by Gasteiger charge is -2.28. The second-order valence-electron chi connectivity index (χ2n) is 7.26. The van der Waals surface area contributed by atoms with Crippen LogP contribution in [0.4, 0.5) is 0 Å². The third-order valence-electron chi connectivity index (χ3n) is 5.53. The van der Waals surface area contributed by atoms with Gasteiger partial charge in [0.15, 0.2) is 0 Å². The fourth-order valence-corrected chi connectivity index (χ4v) is 4.08. The first kappa shape index (κ1) is 19.0. The van der Waals surface area contributed by atoms with Crippen molar-refractivity contribution in [2.45, 2.75) is 18.2 Å². The molecule has 4 N–H and O–H groups in total. The van der Waals surface area contributed by atoms with Crippen LogP contribution in [-0.4, -0.2) is 49.3 Å². The van der Waals surface area contributed by atoms with Gasteiger partial charge in [-0.15, -0.1) is 0 Å². The summed E-state index contributed by atoms with van der Waals surface area (Å²) in [5.74, 6) is 0.112. The zero-order chi connectivity index (χ0) is 19.8. The van der Waals surface area contributed by atoms with Crippen LogP contribution in [0.5, 0.6) is 0 Å². The summed E-state index contributed by atoms with van der Waals surface area (Å²) in [5, 5.41) is 19.8. The van der Waals surface area contributed by atoms with Gasteiger partial charge in [0.2, 0.25) is 0 Å². The topological polar surface area (TPSA) is 99.7 Å². The molecular formula is C20H22ClN3O4. The molecule has 148 valence electrons. The molecule has 1 saturated carbocycles. The number of benzene rings is 1. The molecule has 1 aliphatic carbocycles. The zero-order valence-corrected chi connectivity index (χ0v) is 16.1. The van der Waals surface area contributed by atoms with Crippen LogP contribution in [0.15, 0.2) is 47.7 Å². The first-order valence-corrected chi connectivity index (χ1v) is 9.60. The van der Waals surface area contributed by atoms with Crippen molar-refractivity contribution in [3.63, 3.8) is 0 Å². The Morgan fingerprint density at radius 2 is 1.96 bits per heavy atom. The highest BCUT2D eigenvalue weighted by atomic mass is 35.5. The van der Waals surface area contributed by atoms with Crippen LogP contribution in [0.1, 0.15) is 11.7 Å². The minimum absolute atomic E-state index is 0.112. The minimum atomic E-state index is -1.03. The van der Waals surface area contributed by atoms with Gasteiger partial charge in [0.1, 0.15) is 11.8 Å². The zero-order valence-electron chi connectivity index (χ0n) is 15.3. The molecule has 3 unspecified atom stereocenters. The number of likely N-dealkylation sites (N-methyl/N-ethyl adjacent to an activating group) is 1. The van der Waals surface area contributed by atoms with Crippen LogP contribution >= 0.6 is 11.6 Å². The quantitative estimate of drug-likeness (QED) is 0.579. The van der Waals surface area contributed by atoms with Crippen molar-refractivity contribution in [2.24, 2.45) is 11.8 Å². The van der Waals surface area contributed by atoms with Gasteiger partial charge in [-0.1, -0.05) is 29.8 Å². The Kier molecular flexibility index (Phi) is 5.14. The van der Waals surface area contributed by atoms with Gasteiger partial charge in [0.25, 0.3) is 11.8 Å². The molecule has 0 spiro atoms. The largest absolute Gasteiger partial charge is 0.386 e. The molecule has 1 aromatic carbocycles. The lowest BCUT2D eigenvalue weighted by atomic mass is 9.96. The van der Waals surface area contributed by atoms with Gasteiger partial charge in [-0.3, -0.25) is 9.59 Å². The van der Waals surface area contributed by atoms with E-state index in [4.69, 9.17) is 16.3 Å². The minimum Gasteiger partial charge on any atom is -0.386 e. The Balaban J connectivity index is 1.56. The second kappa shape index (κ2) is 7.58. The highest BCUT2D eigenvalue weighted by molar-refractivity contribution is 6.31. The molecule has 7 nitrogen and oxygen atoms in total. The van der Waals surface area contributed by atoms with Gasteiger partial charge in [0.05, 0.1) is 19.3 Å². The summed E-state index contributed by atoms with van der Waals surface area (Å²) < 4.78 is 5.35. The third-order valence-corrected chi connectivity index (χ3v) is 5.87. The maximum atomic E-state index is 12.8. The average Bonchev–Trinajstić information content (AvgIpc) is 3.13. The fraction of sp³-hybridized carbons (Fsp3) is 0.400. The van der Waals surface area contributed by atoms with Gasteiger partial charge >= 0.3 is 0 Å². The number of rotatable bonds is 5. The van der Waals surface area contributed by atoms with Crippen molar-refractivity contribution in [1.82, 2.24) is 16.0 Å². The van der Waals surface area contributed by atoms with E-state index in [2.05, 4.69) is 16.0 Å². The van der Waals surface area contributed by atoms with E-state index in [-0.39, 0.29) is 23.6 Å². The molecule has 0 bridgehead atoms. The van der Waals surface area contributed by atoms with E-state index >= 15 is 0 Å². The monoisotopic (exact) mass is 403 g/mol. The van der Waals surface area contributed by atoms with Crippen molar-refractivity contribution in [2.75, 3.05) is 20.3 Å². The molecule has 1 saturated heterocycles. The maximum Gasteiger partial charge on any atom is 0.267 e. The van der Waals surface area contributed by atoms with Crippen molar-refractivity contribution in [3.8, 4) is 0 Å². The fourth-order valence-electron chi connectivity index (χ4n) is 3.83. The highest BCUT2D eigenvalue weighted by Gasteiger charge is 2.54. The van der Waals surface area contributed by atoms with Gasteiger partial charge in [-0.25, -0.2) is 0 Å². The molecule has 2 fully saturated rings. The first-order valence-electron chi connectivity index (χ1n) is 9.23. The van der Waals surface area contributed by atoms with Crippen molar-refractivity contribution < 1.29 is 19.4 Å². The molecule has 0 radical (unpaired) electrons. The number of halogens is 1. The SMILES string of the molecule is CNC(=O)C1=CC(C(=O)NC2[C@H]3COC[C@@H]23)=CC(C(O)c2ccccc2Cl)N1. The molecule has 4 rings (SSSR count). The number of carbonyl (C=O) groups is 2. The molecule has 8 heteroatoms. The number of amides is 2. The Bertz CT molecular complexity index is 859. The van der Waals surface area contributed by atoms with E-state index in [1.54, 1.807) is 30.3 Å².